The summed E-state index contributed by atoms with van der Waals surface area (Å²) in [5.74, 6) is 1.04. The van der Waals surface area contributed by atoms with E-state index in [1.807, 2.05) is 6.08 Å². The summed E-state index contributed by atoms with van der Waals surface area (Å²) in [4.78, 5) is 25.9. The van der Waals surface area contributed by atoms with Crippen LogP contribution >= 0.6 is 11.6 Å². The Balaban J connectivity index is 1.31. The normalized spacial score (nSPS) is 28.1. The number of ether oxygens (including phenoxy) is 4. The number of rotatable bonds is 4. The first kappa shape index (κ1) is 21.4. The molecular formula is C24H21ClN2O7. The van der Waals surface area contributed by atoms with Gasteiger partial charge in [0.2, 0.25) is 6.79 Å². The molecule has 0 spiro atoms. The first-order chi connectivity index (χ1) is 16.4. The Hall–Kier alpha value is -3.14. The highest BCUT2D eigenvalue weighted by atomic mass is 35.5. The van der Waals surface area contributed by atoms with Gasteiger partial charge in [0.05, 0.1) is 16.6 Å². The van der Waals surface area contributed by atoms with Crippen LogP contribution in [-0.2, 0) is 16.0 Å². The second kappa shape index (κ2) is 7.97. The minimum absolute atomic E-state index is 0.0363. The maximum absolute atomic E-state index is 12.9. The van der Waals surface area contributed by atoms with Crippen LogP contribution in [0.3, 0.4) is 0 Å². The van der Waals surface area contributed by atoms with E-state index in [1.165, 1.54) is 28.8 Å². The van der Waals surface area contributed by atoms with Crippen molar-refractivity contribution in [1.82, 2.24) is 4.90 Å². The van der Waals surface area contributed by atoms with Crippen molar-refractivity contribution in [2.75, 3.05) is 20.4 Å². The van der Waals surface area contributed by atoms with Crippen LogP contribution in [0.25, 0.3) is 0 Å². The van der Waals surface area contributed by atoms with Crippen LogP contribution in [0.1, 0.15) is 33.8 Å². The van der Waals surface area contributed by atoms with Gasteiger partial charge in [0.15, 0.2) is 11.5 Å². The number of hydrogen-bond donors (Lipinski definition) is 0. The van der Waals surface area contributed by atoms with Gasteiger partial charge < -0.3 is 18.9 Å². The number of carbonyl (C=O) groups excluding carboxylic acids is 1. The van der Waals surface area contributed by atoms with Crippen molar-refractivity contribution in [1.29, 1.82) is 0 Å². The molecule has 3 aliphatic heterocycles. The first-order valence-electron chi connectivity index (χ1n) is 11.0. The van der Waals surface area contributed by atoms with E-state index in [4.69, 9.17) is 30.5 Å². The lowest BCUT2D eigenvalue weighted by atomic mass is 9.82. The van der Waals surface area contributed by atoms with Crippen molar-refractivity contribution < 1.29 is 28.7 Å². The molecule has 3 heterocycles. The minimum atomic E-state index is -0.660. The number of methoxy groups -OCH3 is 1. The lowest BCUT2D eigenvalue weighted by Crippen LogP contribution is -2.42. The summed E-state index contributed by atoms with van der Waals surface area (Å²) >= 11 is 5.88. The van der Waals surface area contributed by atoms with Gasteiger partial charge in [0.25, 0.3) is 5.69 Å². The molecule has 1 aliphatic carbocycles. The summed E-state index contributed by atoms with van der Waals surface area (Å²) in [6, 6.07) is 8.20. The number of nitrogens with zero attached hydrogens (tertiary/aromatic N) is 2. The van der Waals surface area contributed by atoms with Crippen LogP contribution in [0, 0.1) is 10.1 Å². The summed E-state index contributed by atoms with van der Waals surface area (Å²) < 4.78 is 22.7. The highest BCUT2D eigenvalue weighted by Gasteiger charge is 2.47. The first-order valence-corrected chi connectivity index (χ1v) is 11.4. The Kier molecular flexibility index (Phi) is 5.02. The molecule has 0 aromatic heterocycles. The van der Waals surface area contributed by atoms with Gasteiger partial charge in [-0.2, -0.15) is 0 Å². The van der Waals surface area contributed by atoms with Crippen LogP contribution in [0.15, 0.2) is 42.0 Å². The van der Waals surface area contributed by atoms with E-state index in [9.17, 15) is 14.9 Å². The zero-order valence-electron chi connectivity index (χ0n) is 18.2. The summed E-state index contributed by atoms with van der Waals surface area (Å²) in [7, 11) is 1.60. The Morgan fingerprint density at radius 2 is 2.03 bits per heavy atom. The van der Waals surface area contributed by atoms with E-state index in [1.54, 1.807) is 7.11 Å². The van der Waals surface area contributed by atoms with Crippen molar-refractivity contribution in [2.45, 2.75) is 37.1 Å². The molecule has 6 rings (SSSR count). The van der Waals surface area contributed by atoms with Gasteiger partial charge in [-0.1, -0.05) is 11.6 Å². The van der Waals surface area contributed by atoms with Crippen molar-refractivity contribution >= 4 is 23.3 Å². The SMILES string of the molecule is CO[C@H]1C[C@H]2C(=C[C@@H]1OC(=O)c1ccc(Cl)c([N+](=O)[O-])c1)[C@H]1CN2Cc2cc3c(cc21)OCO3. The second-order valence-electron chi connectivity index (χ2n) is 8.87. The number of benzene rings is 2. The zero-order chi connectivity index (χ0) is 23.6. The van der Waals surface area contributed by atoms with Gasteiger partial charge in [-0.05, 0) is 53.5 Å². The molecule has 1 saturated heterocycles. The van der Waals surface area contributed by atoms with Crippen LogP contribution in [0.2, 0.25) is 5.02 Å². The van der Waals surface area contributed by atoms with Crippen molar-refractivity contribution in [3.05, 3.63) is 73.8 Å². The fourth-order valence-corrected chi connectivity index (χ4v) is 5.70. The van der Waals surface area contributed by atoms with Crippen LogP contribution in [0.5, 0.6) is 11.5 Å². The highest BCUT2D eigenvalue weighted by Crippen LogP contribution is 2.50. The highest BCUT2D eigenvalue weighted by molar-refractivity contribution is 6.32. The molecule has 0 amide bonds. The summed E-state index contributed by atoms with van der Waals surface area (Å²) in [5, 5.41) is 11.2. The molecule has 10 heteroatoms. The molecule has 2 aromatic rings. The number of fused-ring (bicyclic) bond motifs is 8. The van der Waals surface area contributed by atoms with Crippen molar-refractivity contribution in [3.8, 4) is 11.5 Å². The Morgan fingerprint density at radius 3 is 2.79 bits per heavy atom. The smallest absolute Gasteiger partial charge is 0.339 e. The van der Waals surface area contributed by atoms with Gasteiger partial charge in [-0.3, -0.25) is 15.0 Å². The summed E-state index contributed by atoms with van der Waals surface area (Å²) in [6.45, 7) is 1.91. The molecule has 2 aromatic carbocycles. The molecule has 1 fully saturated rings. The number of nitro benzene ring substituents is 1. The molecule has 5 atom stereocenters. The molecule has 0 radical (unpaired) electrons. The number of hydrogen-bond acceptors (Lipinski definition) is 8. The topological polar surface area (TPSA) is 100 Å². The van der Waals surface area contributed by atoms with Crippen LogP contribution < -0.4 is 9.47 Å². The summed E-state index contributed by atoms with van der Waals surface area (Å²) in [5.41, 5.74) is 3.36. The molecule has 1 unspecified atom stereocenters. The van der Waals surface area contributed by atoms with Gasteiger partial charge in [-0.25, -0.2) is 4.79 Å². The quantitative estimate of drug-likeness (QED) is 0.279. The maximum Gasteiger partial charge on any atom is 0.339 e. The van der Waals surface area contributed by atoms with E-state index in [0.717, 1.165) is 30.7 Å². The minimum Gasteiger partial charge on any atom is -0.454 e. The molecule has 0 N–H and O–H groups in total. The Bertz CT molecular complexity index is 1250. The third-order valence-corrected chi connectivity index (χ3v) is 7.45. The standard InChI is InChI=1S/C24H21ClN2O7/c1-31-20-8-18-15(7-23(20)34-24(28)12-2-3-17(25)19(4-12)27(29)30)16-10-26(18)9-13-5-21-22(6-14(13)16)33-11-32-21/h2-7,16,18,20,23H,8-11H2,1H3/t16-,18-,20-,23-/m0/s1. The predicted octanol–water partition coefficient (Wildman–Crippen LogP) is 3.83. The van der Waals surface area contributed by atoms with E-state index >= 15 is 0 Å². The van der Waals surface area contributed by atoms with E-state index in [-0.39, 0.29) is 41.1 Å². The third-order valence-electron chi connectivity index (χ3n) is 7.13. The Morgan fingerprint density at radius 1 is 1.24 bits per heavy atom. The average Bonchev–Trinajstić information content (AvgIpc) is 3.39. The predicted molar refractivity (Wildman–Crippen MR) is 120 cm³/mol. The van der Waals surface area contributed by atoms with Gasteiger partial charge >= 0.3 is 5.97 Å². The molecule has 2 bridgehead atoms. The lowest BCUT2D eigenvalue weighted by molar-refractivity contribution is -0.384. The van der Waals surface area contributed by atoms with E-state index < -0.39 is 17.0 Å². The molecule has 4 aliphatic rings. The van der Waals surface area contributed by atoms with Gasteiger partial charge in [0.1, 0.15) is 11.1 Å². The Labute approximate surface area is 199 Å². The number of esters is 1. The fraction of sp³-hybridized carbons (Fsp3) is 0.375. The van der Waals surface area contributed by atoms with Crippen molar-refractivity contribution in [2.24, 2.45) is 0 Å². The lowest BCUT2D eigenvalue weighted by Gasteiger charge is -2.34. The second-order valence-corrected chi connectivity index (χ2v) is 9.28. The number of nitro groups is 1. The number of carbonyl (C=O) groups is 1. The maximum atomic E-state index is 12.9. The molecule has 9 nitrogen and oxygen atoms in total. The molecule has 0 saturated carbocycles. The summed E-state index contributed by atoms with van der Waals surface area (Å²) in [6.07, 6.45) is 1.73. The molecule has 34 heavy (non-hydrogen) atoms. The van der Waals surface area contributed by atoms with Crippen LogP contribution in [0.4, 0.5) is 5.69 Å². The largest absolute Gasteiger partial charge is 0.454 e. The third kappa shape index (κ3) is 3.34. The monoisotopic (exact) mass is 484 g/mol. The van der Waals surface area contributed by atoms with Crippen LogP contribution in [-0.4, -0.2) is 54.5 Å². The fourth-order valence-electron chi connectivity index (χ4n) is 5.52. The van der Waals surface area contributed by atoms with Gasteiger partial charge in [-0.15, -0.1) is 0 Å². The van der Waals surface area contributed by atoms with Crippen molar-refractivity contribution in [3.63, 3.8) is 0 Å². The van der Waals surface area contributed by atoms with E-state index in [2.05, 4.69) is 17.0 Å². The molecule has 176 valence electrons. The molecular weight excluding hydrogens is 464 g/mol. The number of halogens is 1. The van der Waals surface area contributed by atoms with E-state index in [0.29, 0.717) is 6.42 Å². The average molecular weight is 485 g/mol. The zero-order valence-corrected chi connectivity index (χ0v) is 19.0. The van der Waals surface area contributed by atoms with Gasteiger partial charge in [0, 0.05) is 38.2 Å².